The lowest BCUT2D eigenvalue weighted by Gasteiger charge is -2.01. The number of isocyanates is 1. The van der Waals surface area contributed by atoms with Gasteiger partial charge in [-0.2, -0.15) is 4.99 Å². The number of hydrogen-bond acceptors (Lipinski definition) is 4. The Hall–Kier alpha value is -2.19. The van der Waals surface area contributed by atoms with Crippen molar-refractivity contribution in [1.29, 1.82) is 0 Å². The average Bonchev–Trinajstić information content (AvgIpc) is 2.28. The third-order valence-electron chi connectivity index (χ3n) is 2.05. The molecular weight excluding hydrogens is 192 g/mol. The van der Waals surface area contributed by atoms with Gasteiger partial charge < -0.3 is 4.74 Å². The number of hydrogen-bond donors (Lipinski definition) is 0. The van der Waals surface area contributed by atoms with Gasteiger partial charge in [0.15, 0.2) is 0 Å². The molecule has 0 aliphatic carbocycles. The van der Waals surface area contributed by atoms with Gasteiger partial charge in [-0.15, -0.1) is 0 Å². The van der Waals surface area contributed by atoms with Crippen LogP contribution in [0.1, 0.15) is 0 Å². The fraction of sp³-hybridized carbons (Fsp3) is 0.0909. The Bertz CT molecular complexity index is 545. The van der Waals surface area contributed by atoms with Gasteiger partial charge in [0.05, 0.1) is 24.5 Å². The van der Waals surface area contributed by atoms with Crippen LogP contribution >= 0.6 is 0 Å². The highest BCUT2D eigenvalue weighted by Crippen LogP contribution is 2.22. The summed E-state index contributed by atoms with van der Waals surface area (Å²) in [6.45, 7) is 0. The van der Waals surface area contributed by atoms with Gasteiger partial charge >= 0.3 is 0 Å². The van der Waals surface area contributed by atoms with Crippen molar-refractivity contribution in [2.45, 2.75) is 0 Å². The second-order valence-corrected chi connectivity index (χ2v) is 2.96. The number of pyridine rings is 1. The molecule has 0 fully saturated rings. The number of benzene rings is 1. The first-order valence-corrected chi connectivity index (χ1v) is 4.35. The number of aromatic nitrogens is 1. The number of methoxy groups -OCH3 is 1. The SMILES string of the molecule is COc1ccc2ncc(N=C=O)cc2c1. The summed E-state index contributed by atoms with van der Waals surface area (Å²) in [6, 6.07) is 7.28. The van der Waals surface area contributed by atoms with Crippen LogP contribution in [0.5, 0.6) is 5.75 Å². The second-order valence-electron chi connectivity index (χ2n) is 2.96. The van der Waals surface area contributed by atoms with E-state index in [4.69, 9.17) is 4.74 Å². The van der Waals surface area contributed by atoms with Crippen molar-refractivity contribution in [2.24, 2.45) is 4.99 Å². The number of fused-ring (bicyclic) bond motifs is 1. The standard InChI is InChI=1S/C11H8N2O2/c1-15-10-2-3-11-8(5-10)4-9(6-12-11)13-7-14/h2-6H,1H3. The maximum absolute atomic E-state index is 10.1. The molecule has 4 heteroatoms. The average molecular weight is 200 g/mol. The largest absolute Gasteiger partial charge is 0.497 e. The molecule has 0 saturated carbocycles. The summed E-state index contributed by atoms with van der Waals surface area (Å²) in [4.78, 5) is 17.7. The molecule has 0 saturated heterocycles. The number of ether oxygens (including phenoxy) is 1. The molecule has 0 N–H and O–H groups in total. The van der Waals surface area contributed by atoms with Crippen molar-refractivity contribution in [1.82, 2.24) is 4.98 Å². The van der Waals surface area contributed by atoms with E-state index in [0.29, 0.717) is 5.69 Å². The smallest absolute Gasteiger partial charge is 0.240 e. The lowest BCUT2D eigenvalue weighted by Crippen LogP contribution is -1.83. The van der Waals surface area contributed by atoms with Crippen molar-refractivity contribution in [3.8, 4) is 5.75 Å². The highest BCUT2D eigenvalue weighted by molar-refractivity contribution is 5.82. The maximum Gasteiger partial charge on any atom is 0.240 e. The summed E-state index contributed by atoms with van der Waals surface area (Å²) in [5, 5.41) is 0.880. The fourth-order valence-corrected chi connectivity index (χ4v) is 1.34. The molecule has 1 aromatic heterocycles. The molecule has 0 aliphatic rings. The first-order chi connectivity index (χ1) is 7.33. The number of carbonyl (C=O) groups excluding carboxylic acids is 1. The normalized spacial score (nSPS) is 9.67. The van der Waals surface area contributed by atoms with E-state index in [1.807, 2.05) is 18.2 Å². The van der Waals surface area contributed by atoms with Crippen molar-refractivity contribution in [2.75, 3.05) is 7.11 Å². The molecule has 0 spiro atoms. The maximum atomic E-state index is 10.1. The van der Waals surface area contributed by atoms with Crippen LogP contribution in [-0.2, 0) is 4.79 Å². The Balaban J connectivity index is 2.62. The minimum atomic E-state index is 0.491. The fourth-order valence-electron chi connectivity index (χ4n) is 1.34. The summed E-state index contributed by atoms with van der Waals surface area (Å²) in [7, 11) is 1.60. The topological polar surface area (TPSA) is 51.6 Å². The zero-order chi connectivity index (χ0) is 10.7. The molecule has 0 bridgehead atoms. The van der Waals surface area contributed by atoms with Crippen LogP contribution in [0.25, 0.3) is 10.9 Å². The molecule has 0 unspecified atom stereocenters. The lowest BCUT2D eigenvalue weighted by atomic mass is 10.2. The van der Waals surface area contributed by atoms with Gasteiger partial charge in [0.1, 0.15) is 5.75 Å². The molecule has 0 atom stereocenters. The van der Waals surface area contributed by atoms with Gasteiger partial charge in [-0.05, 0) is 24.3 Å². The van der Waals surface area contributed by atoms with Crippen LogP contribution in [0.2, 0.25) is 0 Å². The zero-order valence-corrected chi connectivity index (χ0v) is 8.10. The van der Waals surface area contributed by atoms with Crippen LogP contribution in [-0.4, -0.2) is 18.2 Å². The molecule has 15 heavy (non-hydrogen) atoms. The Morgan fingerprint density at radius 2 is 2.27 bits per heavy atom. The number of rotatable bonds is 2. The minimum Gasteiger partial charge on any atom is -0.497 e. The van der Waals surface area contributed by atoms with Gasteiger partial charge in [-0.25, -0.2) is 4.79 Å². The van der Waals surface area contributed by atoms with Gasteiger partial charge in [0.25, 0.3) is 0 Å². The highest BCUT2D eigenvalue weighted by atomic mass is 16.5. The van der Waals surface area contributed by atoms with Crippen LogP contribution in [0.15, 0.2) is 35.5 Å². The Morgan fingerprint density at radius 3 is 3.00 bits per heavy atom. The second kappa shape index (κ2) is 3.90. The van der Waals surface area contributed by atoms with Gasteiger partial charge in [-0.1, -0.05) is 0 Å². The third-order valence-corrected chi connectivity index (χ3v) is 2.05. The highest BCUT2D eigenvalue weighted by Gasteiger charge is 1.98. The first-order valence-electron chi connectivity index (χ1n) is 4.35. The lowest BCUT2D eigenvalue weighted by molar-refractivity contribution is 0.415. The molecule has 74 valence electrons. The molecule has 4 nitrogen and oxygen atoms in total. The predicted molar refractivity (Wildman–Crippen MR) is 56.1 cm³/mol. The molecule has 0 radical (unpaired) electrons. The molecule has 0 amide bonds. The number of aliphatic imine (C=N–C) groups is 1. The molecule has 1 aromatic carbocycles. The van der Waals surface area contributed by atoms with E-state index in [-0.39, 0.29) is 0 Å². The summed E-state index contributed by atoms with van der Waals surface area (Å²) in [6.07, 6.45) is 3.01. The molecule has 1 heterocycles. The van der Waals surface area contributed by atoms with E-state index >= 15 is 0 Å². The number of nitrogens with zero attached hydrogens (tertiary/aromatic N) is 2. The van der Waals surface area contributed by atoms with E-state index in [0.717, 1.165) is 16.7 Å². The quantitative estimate of drug-likeness (QED) is 0.551. The van der Waals surface area contributed by atoms with Gasteiger partial charge in [0.2, 0.25) is 6.08 Å². The summed E-state index contributed by atoms with van der Waals surface area (Å²) in [5.74, 6) is 0.747. The molecule has 2 aromatic rings. The zero-order valence-electron chi connectivity index (χ0n) is 8.10. The monoisotopic (exact) mass is 200 g/mol. The van der Waals surface area contributed by atoms with Crippen LogP contribution in [0, 0.1) is 0 Å². The Morgan fingerprint density at radius 1 is 1.40 bits per heavy atom. The van der Waals surface area contributed by atoms with Crippen molar-refractivity contribution in [3.05, 3.63) is 30.5 Å². The van der Waals surface area contributed by atoms with E-state index in [2.05, 4.69) is 9.98 Å². The summed E-state index contributed by atoms with van der Waals surface area (Å²) >= 11 is 0. The van der Waals surface area contributed by atoms with E-state index in [1.165, 1.54) is 12.3 Å². The van der Waals surface area contributed by atoms with E-state index < -0.39 is 0 Å². The first kappa shape index (κ1) is 9.37. The van der Waals surface area contributed by atoms with Crippen LogP contribution < -0.4 is 4.74 Å². The summed E-state index contributed by atoms with van der Waals surface area (Å²) in [5.41, 5.74) is 1.33. The summed E-state index contributed by atoms with van der Waals surface area (Å²) < 4.78 is 5.09. The molecular formula is C11H8N2O2. The Kier molecular flexibility index (Phi) is 2.44. The van der Waals surface area contributed by atoms with Gasteiger partial charge in [0, 0.05) is 5.39 Å². The van der Waals surface area contributed by atoms with Crippen molar-refractivity contribution >= 4 is 22.7 Å². The van der Waals surface area contributed by atoms with Crippen molar-refractivity contribution in [3.63, 3.8) is 0 Å². The molecule has 0 aliphatic heterocycles. The van der Waals surface area contributed by atoms with Crippen molar-refractivity contribution < 1.29 is 9.53 Å². The van der Waals surface area contributed by atoms with Gasteiger partial charge in [-0.3, -0.25) is 4.98 Å². The third kappa shape index (κ3) is 1.85. The van der Waals surface area contributed by atoms with Crippen LogP contribution in [0.3, 0.4) is 0 Å². The predicted octanol–water partition coefficient (Wildman–Crippen LogP) is 2.21. The minimum absolute atomic E-state index is 0.491. The van der Waals surface area contributed by atoms with Crippen LogP contribution in [0.4, 0.5) is 5.69 Å². The van der Waals surface area contributed by atoms with E-state index in [1.54, 1.807) is 13.2 Å². The molecule has 2 rings (SSSR count). The Labute approximate surface area is 86.2 Å². The van der Waals surface area contributed by atoms with E-state index in [9.17, 15) is 4.79 Å².